The number of rotatable bonds is 3. The van der Waals surface area contributed by atoms with Crippen LogP contribution in [0.5, 0.6) is 0 Å². The Hall–Kier alpha value is -1.06. The first-order valence-corrected chi connectivity index (χ1v) is 5.33. The van der Waals surface area contributed by atoms with Gasteiger partial charge in [0, 0.05) is 13.0 Å². The van der Waals surface area contributed by atoms with E-state index in [1.807, 2.05) is 20.8 Å². The van der Waals surface area contributed by atoms with Crippen molar-refractivity contribution in [2.24, 2.45) is 5.92 Å². The van der Waals surface area contributed by atoms with Crippen molar-refractivity contribution in [2.45, 2.75) is 39.2 Å². The van der Waals surface area contributed by atoms with Gasteiger partial charge in [-0.15, -0.1) is 0 Å². The molecule has 0 aromatic heterocycles. The van der Waals surface area contributed by atoms with Gasteiger partial charge in [0.1, 0.15) is 0 Å². The third-order valence-corrected chi connectivity index (χ3v) is 3.16. The van der Waals surface area contributed by atoms with Gasteiger partial charge in [-0.25, -0.2) is 0 Å². The molecule has 0 N–H and O–H groups in total. The fourth-order valence-corrected chi connectivity index (χ4v) is 2.19. The Morgan fingerprint density at radius 3 is 2.67 bits per heavy atom. The Kier molecular flexibility index (Phi) is 3.37. The number of hydrogen-bond donors (Lipinski definition) is 0. The molecule has 15 heavy (non-hydrogen) atoms. The number of nitrogens with zero attached hydrogens (tertiary/aromatic N) is 1. The van der Waals surface area contributed by atoms with Crippen molar-refractivity contribution in [2.75, 3.05) is 13.7 Å². The summed E-state index contributed by atoms with van der Waals surface area (Å²) in [4.78, 5) is 25.0. The van der Waals surface area contributed by atoms with Gasteiger partial charge in [-0.1, -0.05) is 6.92 Å². The third kappa shape index (κ3) is 1.98. The first kappa shape index (κ1) is 12.0. The second-order valence-electron chi connectivity index (χ2n) is 4.48. The van der Waals surface area contributed by atoms with Crippen LogP contribution in [0.25, 0.3) is 0 Å². The SMILES string of the molecule is CCCN1C(=O)CC(C(=O)OC)C1(C)C. The van der Waals surface area contributed by atoms with Crippen LogP contribution in [0.3, 0.4) is 0 Å². The van der Waals surface area contributed by atoms with Crippen LogP contribution in [0.4, 0.5) is 0 Å². The van der Waals surface area contributed by atoms with Crippen molar-refractivity contribution < 1.29 is 14.3 Å². The van der Waals surface area contributed by atoms with E-state index in [1.165, 1.54) is 7.11 Å². The van der Waals surface area contributed by atoms with Crippen LogP contribution in [0.1, 0.15) is 33.6 Å². The van der Waals surface area contributed by atoms with Crippen LogP contribution < -0.4 is 0 Å². The number of esters is 1. The van der Waals surface area contributed by atoms with E-state index < -0.39 is 5.54 Å². The van der Waals surface area contributed by atoms with Gasteiger partial charge >= 0.3 is 5.97 Å². The van der Waals surface area contributed by atoms with Gasteiger partial charge in [0.05, 0.1) is 18.6 Å². The fraction of sp³-hybridized carbons (Fsp3) is 0.818. The van der Waals surface area contributed by atoms with Crippen molar-refractivity contribution >= 4 is 11.9 Å². The molecule has 1 unspecified atom stereocenters. The Morgan fingerprint density at radius 1 is 1.60 bits per heavy atom. The Labute approximate surface area is 90.6 Å². The van der Waals surface area contributed by atoms with Crippen molar-refractivity contribution in [3.8, 4) is 0 Å². The smallest absolute Gasteiger partial charge is 0.311 e. The average Bonchev–Trinajstić information content (AvgIpc) is 2.40. The summed E-state index contributed by atoms with van der Waals surface area (Å²) in [6, 6.07) is 0. The van der Waals surface area contributed by atoms with Gasteiger partial charge in [-0.05, 0) is 20.3 Å². The maximum atomic E-state index is 11.7. The van der Waals surface area contributed by atoms with E-state index in [9.17, 15) is 9.59 Å². The van der Waals surface area contributed by atoms with Crippen LogP contribution in [-0.4, -0.2) is 36.0 Å². The van der Waals surface area contributed by atoms with E-state index in [0.717, 1.165) is 6.42 Å². The number of carbonyl (C=O) groups is 2. The second kappa shape index (κ2) is 4.21. The highest BCUT2D eigenvalue weighted by Gasteiger charge is 2.49. The topological polar surface area (TPSA) is 46.6 Å². The summed E-state index contributed by atoms with van der Waals surface area (Å²) in [5.41, 5.74) is -0.416. The lowest BCUT2D eigenvalue weighted by Crippen LogP contribution is -2.46. The second-order valence-corrected chi connectivity index (χ2v) is 4.48. The van der Waals surface area contributed by atoms with E-state index >= 15 is 0 Å². The van der Waals surface area contributed by atoms with Crippen LogP contribution in [0.15, 0.2) is 0 Å². The third-order valence-electron chi connectivity index (χ3n) is 3.16. The summed E-state index contributed by atoms with van der Waals surface area (Å²) in [6.07, 6.45) is 1.18. The minimum absolute atomic E-state index is 0.0530. The Balaban J connectivity index is 2.88. The van der Waals surface area contributed by atoms with Gasteiger partial charge < -0.3 is 9.64 Å². The number of carbonyl (C=O) groups excluding carboxylic acids is 2. The molecule has 0 bridgehead atoms. The standard InChI is InChI=1S/C11H19NO3/c1-5-6-12-9(13)7-8(10(14)15-4)11(12,2)3/h8H,5-7H2,1-4H3. The fourth-order valence-electron chi connectivity index (χ4n) is 2.19. The summed E-state index contributed by atoms with van der Waals surface area (Å²) in [7, 11) is 1.37. The van der Waals surface area contributed by atoms with E-state index in [1.54, 1.807) is 4.90 Å². The molecule has 1 rings (SSSR count). The van der Waals surface area contributed by atoms with Crippen molar-refractivity contribution in [3.63, 3.8) is 0 Å². The molecule has 1 amide bonds. The van der Waals surface area contributed by atoms with Crippen molar-refractivity contribution in [3.05, 3.63) is 0 Å². The number of hydrogen-bond acceptors (Lipinski definition) is 3. The lowest BCUT2D eigenvalue weighted by Gasteiger charge is -2.34. The molecule has 0 aromatic carbocycles. The van der Waals surface area contributed by atoms with Crippen molar-refractivity contribution in [1.29, 1.82) is 0 Å². The first-order valence-electron chi connectivity index (χ1n) is 5.33. The molecule has 0 saturated carbocycles. The zero-order valence-electron chi connectivity index (χ0n) is 9.87. The predicted octanol–water partition coefficient (Wildman–Crippen LogP) is 1.20. The summed E-state index contributed by atoms with van der Waals surface area (Å²) >= 11 is 0. The van der Waals surface area contributed by atoms with E-state index in [0.29, 0.717) is 6.54 Å². The maximum absolute atomic E-state index is 11.7. The number of likely N-dealkylation sites (tertiary alicyclic amines) is 1. The largest absolute Gasteiger partial charge is 0.469 e. The van der Waals surface area contributed by atoms with Crippen LogP contribution in [0, 0.1) is 5.92 Å². The number of methoxy groups -OCH3 is 1. The van der Waals surface area contributed by atoms with Crippen molar-refractivity contribution in [1.82, 2.24) is 4.90 Å². The summed E-state index contributed by atoms with van der Waals surface area (Å²) in [5, 5.41) is 0. The summed E-state index contributed by atoms with van der Waals surface area (Å²) in [6.45, 7) is 6.58. The molecule has 4 nitrogen and oxygen atoms in total. The van der Waals surface area contributed by atoms with Crippen LogP contribution in [-0.2, 0) is 14.3 Å². The molecule has 1 atom stereocenters. The van der Waals surface area contributed by atoms with E-state index in [2.05, 4.69) is 0 Å². The highest BCUT2D eigenvalue weighted by molar-refractivity contribution is 5.88. The molecule has 4 heteroatoms. The quantitative estimate of drug-likeness (QED) is 0.662. The lowest BCUT2D eigenvalue weighted by atomic mass is 9.88. The minimum atomic E-state index is -0.416. The molecule has 1 aliphatic heterocycles. The molecular formula is C11H19NO3. The van der Waals surface area contributed by atoms with Gasteiger partial charge in [0.2, 0.25) is 5.91 Å². The molecule has 1 aliphatic rings. The van der Waals surface area contributed by atoms with E-state index in [4.69, 9.17) is 4.74 Å². The molecule has 0 aliphatic carbocycles. The van der Waals surface area contributed by atoms with Gasteiger partial charge in [-0.2, -0.15) is 0 Å². The molecule has 0 radical (unpaired) electrons. The lowest BCUT2D eigenvalue weighted by molar-refractivity contribution is -0.148. The van der Waals surface area contributed by atoms with Crippen LogP contribution >= 0.6 is 0 Å². The monoisotopic (exact) mass is 213 g/mol. The Morgan fingerprint density at radius 2 is 2.20 bits per heavy atom. The van der Waals surface area contributed by atoms with Gasteiger partial charge in [0.25, 0.3) is 0 Å². The summed E-state index contributed by atoms with van der Waals surface area (Å²) in [5.74, 6) is -0.564. The molecular weight excluding hydrogens is 194 g/mol. The van der Waals surface area contributed by atoms with Crippen LogP contribution in [0.2, 0.25) is 0 Å². The Bertz CT molecular complexity index is 273. The van der Waals surface area contributed by atoms with Gasteiger partial charge in [0.15, 0.2) is 0 Å². The maximum Gasteiger partial charge on any atom is 0.311 e. The molecule has 0 aromatic rings. The molecule has 0 spiro atoms. The molecule has 1 fully saturated rings. The number of amides is 1. The zero-order chi connectivity index (χ0) is 11.6. The normalized spacial score (nSPS) is 24.4. The van der Waals surface area contributed by atoms with E-state index in [-0.39, 0.29) is 24.2 Å². The highest BCUT2D eigenvalue weighted by Crippen LogP contribution is 2.36. The summed E-state index contributed by atoms with van der Waals surface area (Å²) < 4.78 is 4.73. The van der Waals surface area contributed by atoms with Gasteiger partial charge in [-0.3, -0.25) is 9.59 Å². The zero-order valence-corrected chi connectivity index (χ0v) is 9.87. The predicted molar refractivity (Wildman–Crippen MR) is 56.2 cm³/mol. The highest BCUT2D eigenvalue weighted by atomic mass is 16.5. The molecule has 1 saturated heterocycles. The minimum Gasteiger partial charge on any atom is -0.469 e. The molecule has 86 valence electrons. The molecule has 1 heterocycles. The average molecular weight is 213 g/mol. The first-order chi connectivity index (χ1) is 6.95. The number of ether oxygens (including phenoxy) is 1.